The predicted octanol–water partition coefficient (Wildman–Crippen LogP) is -1.97. The minimum Gasteiger partial charge on any atom is -0.504 e. The number of phenols is 2. The fraction of sp³-hybridized carbons (Fsp3) is 0.571. The summed E-state index contributed by atoms with van der Waals surface area (Å²) in [6, 6.07) is 4.46. The van der Waals surface area contributed by atoms with Crippen LogP contribution in [0.4, 0.5) is 0 Å². The minimum atomic E-state index is -1.98. The summed E-state index contributed by atoms with van der Waals surface area (Å²) in [6.07, 6.45) is -3.84. The highest BCUT2D eigenvalue weighted by molar-refractivity contribution is 5.40. The molecule has 8 heteroatoms. The van der Waals surface area contributed by atoms with E-state index in [4.69, 9.17) is 4.74 Å². The Hall–Kier alpha value is -1.42. The normalized spacial score (nSPS) is 32.1. The minimum absolute atomic E-state index is 0.137. The average Bonchev–Trinajstić information content (AvgIpc) is 2.49. The van der Waals surface area contributed by atoms with E-state index in [-0.39, 0.29) is 24.7 Å². The SMILES string of the molecule is Oc1ccc(CCNC[C@]2(O)OC[C@H](O)[C@H](O)[C@H]2O)cc1O. The topological polar surface area (TPSA) is 143 Å². The van der Waals surface area contributed by atoms with Crippen molar-refractivity contribution in [1.29, 1.82) is 0 Å². The molecule has 0 bridgehead atoms. The highest BCUT2D eigenvalue weighted by Crippen LogP contribution is 2.25. The van der Waals surface area contributed by atoms with E-state index in [1.165, 1.54) is 12.1 Å². The number of hydrogen-bond donors (Lipinski definition) is 7. The lowest BCUT2D eigenvalue weighted by Crippen LogP contribution is -2.64. The van der Waals surface area contributed by atoms with Gasteiger partial charge in [-0.25, -0.2) is 0 Å². The summed E-state index contributed by atoms with van der Waals surface area (Å²) in [5, 5.41) is 60.2. The molecule has 0 amide bonds. The molecule has 0 radical (unpaired) electrons. The Balaban J connectivity index is 1.81. The zero-order chi connectivity index (χ0) is 16.3. The molecule has 0 aromatic heterocycles. The summed E-state index contributed by atoms with van der Waals surface area (Å²) < 4.78 is 5.01. The lowest BCUT2D eigenvalue weighted by Gasteiger charge is -2.41. The van der Waals surface area contributed by atoms with Gasteiger partial charge in [0.2, 0.25) is 5.79 Å². The second-order valence-corrected chi connectivity index (χ2v) is 5.41. The summed E-state index contributed by atoms with van der Waals surface area (Å²) >= 11 is 0. The molecule has 1 saturated heterocycles. The van der Waals surface area contributed by atoms with Crippen LogP contribution in [0, 0.1) is 0 Å². The van der Waals surface area contributed by atoms with Gasteiger partial charge in [-0.2, -0.15) is 0 Å². The van der Waals surface area contributed by atoms with Crippen molar-refractivity contribution in [2.75, 3.05) is 19.7 Å². The number of nitrogens with one attached hydrogen (secondary N) is 1. The molecule has 8 nitrogen and oxygen atoms in total. The van der Waals surface area contributed by atoms with Crippen LogP contribution in [0.2, 0.25) is 0 Å². The van der Waals surface area contributed by atoms with Gasteiger partial charge >= 0.3 is 0 Å². The predicted molar refractivity (Wildman–Crippen MR) is 75.3 cm³/mol. The van der Waals surface area contributed by atoms with Crippen LogP contribution in [0.5, 0.6) is 11.5 Å². The van der Waals surface area contributed by atoms with E-state index in [1.807, 2.05) is 0 Å². The number of phenolic OH excluding ortho intramolecular Hbond substituents is 2. The highest BCUT2D eigenvalue weighted by Gasteiger charge is 2.47. The van der Waals surface area contributed by atoms with E-state index >= 15 is 0 Å². The first-order valence-electron chi connectivity index (χ1n) is 6.95. The van der Waals surface area contributed by atoms with Crippen LogP contribution in [0.3, 0.4) is 0 Å². The Morgan fingerprint density at radius 2 is 1.91 bits per heavy atom. The number of rotatable bonds is 5. The second-order valence-electron chi connectivity index (χ2n) is 5.41. The van der Waals surface area contributed by atoms with Crippen molar-refractivity contribution in [3.8, 4) is 11.5 Å². The molecule has 7 N–H and O–H groups in total. The maximum Gasteiger partial charge on any atom is 0.207 e. The van der Waals surface area contributed by atoms with E-state index in [2.05, 4.69) is 5.32 Å². The van der Waals surface area contributed by atoms with E-state index < -0.39 is 24.1 Å². The Kier molecular flexibility index (Phi) is 5.22. The summed E-state index contributed by atoms with van der Waals surface area (Å²) in [4.78, 5) is 0. The lowest BCUT2D eigenvalue weighted by atomic mass is 9.97. The Labute approximate surface area is 127 Å². The van der Waals surface area contributed by atoms with Gasteiger partial charge in [-0.15, -0.1) is 0 Å². The van der Waals surface area contributed by atoms with Gasteiger partial charge in [0, 0.05) is 0 Å². The first-order valence-corrected chi connectivity index (χ1v) is 6.95. The van der Waals surface area contributed by atoms with Crippen LogP contribution < -0.4 is 5.32 Å². The Bertz CT molecular complexity index is 512. The van der Waals surface area contributed by atoms with Gasteiger partial charge in [-0.05, 0) is 30.7 Å². The van der Waals surface area contributed by atoms with Crippen molar-refractivity contribution >= 4 is 0 Å². The highest BCUT2D eigenvalue weighted by atomic mass is 16.6. The van der Waals surface area contributed by atoms with Crippen LogP contribution in [-0.2, 0) is 11.2 Å². The molecule has 124 valence electrons. The van der Waals surface area contributed by atoms with Crippen molar-refractivity contribution in [1.82, 2.24) is 5.32 Å². The van der Waals surface area contributed by atoms with Crippen LogP contribution in [-0.4, -0.2) is 74.4 Å². The third-order valence-electron chi connectivity index (χ3n) is 3.69. The zero-order valence-electron chi connectivity index (χ0n) is 11.9. The van der Waals surface area contributed by atoms with Gasteiger partial charge in [0.25, 0.3) is 0 Å². The van der Waals surface area contributed by atoms with Crippen LogP contribution in [0.25, 0.3) is 0 Å². The van der Waals surface area contributed by atoms with Gasteiger partial charge in [0.15, 0.2) is 11.5 Å². The molecule has 1 aliphatic heterocycles. The fourth-order valence-corrected chi connectivity index (χ4v) is 2.27. The number of ether oxygens (including phenoxy) is 1. The molecule has 2 rings (SSSR count). The quantitative estimate of drug-likeness (QED) is 0.245. The van der Waals surface area contributed by atoms with E-state index in [0.717, 1.165) is 5.56 Å². The molecule has 1 aromatic rings. The first-order chi connectivity index (χ1) is 10.3. The van der Waals surface area contributed by atoms with Crippen LogP contribution in [0.1, 0.15) is 5.56 Å². The third kappa shape index (κ3) is 3.67. The number of aliphatic hydroxyl groups is 4. The standard InChI is InChI=1S/C14H21NO7/c16-9-2-1-8(5-10(9)17)3-4-15-7-14(21)13(20)12(19)11(18)6-22-14/h1-2,5,11-13,15-21H,3-4,6-7H2/t11-,12-,13+,14-/m0/s1. The van der Waals surface area contributed by atoms with Crippen molar-refractivity contribution < 1.29 is 35.4 Å². The lowest BCUT2D eigenvalue weighted by molar-refractivity contribution is -0.317. The molecular weight excluding hydrogens is 294 g/mol. The van der Waals surface area contributed by atoms with E-state index in [9.17, 15) is 30.6 Å². The average molecular weight is 315 g/mol. The number of aromatic hydroxyl groups is 2. The van der Waals surface area contributed by atoms with Gasteiger partial charge in [-0.1, -0.05) is 6.07 Å². The molecule has 22 heavy (non-hydrogen) atoms. The molecule has 0 saturated carbocycles. The van der Waals surface area contributed by atoms with E-state index in [0.29, 0.717) is 13.0 Å². The second kappa shape index (κ2) is 6.78. The summed E-state index contributed by atoms with van der Waals surface area (Å²) in [7, 11) is 0. The monoisotopic (exact) mass is 315 g/mol. The van der Waals surface area contributed by atoms with E-state index in [1.54, 1.807) is 6.07 Å². The molecule has 0 spiro atoms. The maximum atomic E-state index is 10.1. The first kappa shape index (κ1) is 16.9. The molecule has 1 aromatic carbocycles. The Morgan fingerprint density at radius 3 is 2.59 bits per heavy atom. The Morgan fingerprint density at radius 1 is 1.18 bits per heavy atom. The number of aliphatic hydroxyl groups excluding tert-OH is 3. The van der Waals surface area contributed by atoms with Crippen molar-refractivity contribution in [3.63, 3.8) is 0 Å². The number of benzene rings is 1. The van der Waals surface area contributed by atoms with Crippen molar-refractivity contribution in [2.24, 2.45) is 0 Å². The third-order valence-corrected chi connectivity index (χ3v) is 3.69. The molecule has 1 aliphatic rings. The van der Waals surface area contributed by atoms with Gasteiger partial charge in [0.05, 0.1) is 13.2 Å². The number of hydrogen-bond acceptors (Lipinski definition) is 8. The van der Waals surface area contributed by atoms with Gasteiger partial charge in [0.1, 0.15) is 18.3 Å². The zero-order valence-corrected chi connectivity index (χ0v) is 11.9. The van der Waals surface area contributed by atoms with Crippen LogP contribution in [0.15, 0.2) is 18.2 Å². The molecular formula is C14H21NO7. The van der Waals surface area contributed by atoms with Crippen molar-refractivity contribution in [2.45, 2.75) is 30.5 Å². The maximum absolute atomic E-state index is 10.1. The van der Waals surface area contributed by atoms with Gasteiger partial charge < -0.3 is 40.7 Å². The van der Waals surface area contributed by atoms with Gasteiger partial charge in [-0.3, -0.25) is 0 Å². The molecule has 0 unspecified atom stereocenters. The summed E-state index contributed by atoms with van der Waals surface area (Å²) in [6.45, 7) is -0.00842. The molecule has 4 atom stereocenters. The molecule has 1 fully saturated rings. The summed E-state index contributed by atoms with van der Waals surface area (Å²) in [5.41, 5.74) is 0.773. The largest absolute Gasteiger partial charge is 0.504 e. The smallest absolute Gasteiger partial charge is 0.207 e. The fourth-order valence-electron chi connectivity index (χ4n) is 2.27. The molecule has 1 heterocycles. The van der Waals surface area contributed by atoms with Crippen molar-refractivity contribution in [3.05, 3.63) is 23.8 Å². The van der Waals surface area contributed by atoms with Crippen LogP contribution >= 0.6 is 0 Å². The summed E-state index contributed by atoms with van der Waals surface area (Å²) in [5.74, 6) is -2.38. The molecule has 0 aliphatic carbocycles.